The smallest absolute Gasteiger partial charge is 0.324 e. The molecule has 0 amide bonds. The number of ether oxygens (including phenoxy) is 1. The van der Waals surface area contributed by atoms with Crippen molar-refractivity contribution in [3.63, 3.8) is 0 Å². The number of hydrogen-bond donors (Lipinski definition) is 0. The van der Waals surface area contributed by atoms with Crippen LogP contribution in [0.4, 0.5) is 0 Å². The van der Waals surface area contributed by atoms with E-state index in [1.54, 1.807) is 12.2 Å². The first-order chi connectivity index (χ1) is 5.74. The highest BCUT2D eigenvalue weighted by atomic mass is 16.5. The zero-order valence-corrected chi connectivity index (χ0v) is 7.13. The maximum Gasteiger partial charge on any atom is 0.324 e. The summed E-state index contributed by atoms with van der Waals surface area (Å²) in [7, 11) is 1.36. The molecular formula is C10H10O2. The van der Waals surface area contributed by atoms with Gasteiger partial charge in [0.05, 0.1) is 7.11 Å². The molecule has 0 saturated heterocycles. The molecule has 1 unspecified atom stereocenters. The number of allylic oxidation sites excluding steroid dienone is 3. The van der Waals surface area contributed by atoms with Crippen LogP contribution < -0.4 is 0 Å². The molecule has 0 spiro atoms. The van der Waals surface area contributed by atoms with Crippen molar-refractivity contribution in [2.75, 3.05) is 7.11 Å². The molecular weight excluding hydrogens is 152 g/mol. The van der Waals surface area contributed by atoms with E-state index in [1.807, 2.05) is 13.0 Å². The van der Waals surface area contributed by atoms with Gasteiger partial charge in [-0.1, -0.05) is 24.0 Å². The molecule has 1 atom stereocenters. The Kier molecular flexibility index (Phi) is 2.71. The molecule has 0 aromatic rings. The van der Waals surface area contributed by atoms with Gasteiger partial charge in [-0.2, -0.15) is 0 Å². The van der Waals surface area contributed by atoms with Crippen molar-refractivity contribution in [2.24, 2.45) is 5.92 Å². The summed E-state index contributed by atoms with van der Waals surface area (Å²) in [5.41, 5.74) is 1.05. The Balaban J connectivity index is 2.78. The third-order valence-corrected chi connectivity index (χ3v) is 1.55. The zero-order chi connectivity index (χ0) is 8.97. The van der Waals surface area contributed by atoms with E-state index in [0.717, 1.165) is 5.57 Å². The fourth-order valence-corrected chi connectivity index (χ4v) is 0.854. The molecule has 0 bridgehead atoms. The Labute approximate surface area is 71.9 Å². The lowest BCUT2D eigenvalue weighted by atomic mass is 10.1. The topological polar surface area (TPSA) is 26.3 Å². The summed E-state index contributed by atoms with van der Waals surface area (Å²) in [4.78, 5) is 11.0. The fourth-order valence-electron chi connectivity index (χ4n) is 0.854. The molecule has 0 heterocycles. The van der Waals surface area contributed by atoms with Crippen LogP contribution in [0.1, 0.15) is 6.92 Å². The number of esters is 1. The third-order valence-electron chi connectivity index (χ3n) is 1.55. The molecule has 0 aliphatic heterocycles. The lowest BCUT2D eigenvalue weighted by Gasteiger charge is -2.00. The molecule has 0 aromatic heterocycles. The minimum Gasteiger partial charge on any atom is -0.468 e. The second-order valence-corrected chi connectivity index (χ2v) is 2.54. The molecule has 0 saturated carbocycles. The van der Waals surface area contributed by atoms with Crippen LogP contribution in [-0.2, 0) is 9.53 Å². The van der Waals surface area contributed by atoms with Gasteiger partial charge in [0.15, 0.2) is 0 Å². The number of rotatable bonds is 1. The van der Waals surface area contributed by atoms with E-state index in [9.17, 15) is 4.79 Å². The maximum atomic E-state index is 11.0. The predicted octanol–water partition coefficient (Wildman–Crippen LogP) is 1.30. The van der Waals surface area contributed by atoms with Crippen molar-refractivity contribution in [2.45, 2.75) is 6.92 Å². The first-order valence-electron chi connectivity index (χ1n) is 3.68. The first-order valence-corrected chi connectivity index (χ1v) is 3.68. The van der Waals surface area contributed by atoms with Gasteiger partial charge < -0.3 is 4.74 Å². The molecule has 1 aliphatic carbocycles. The van der Waals surface area contributed by atoms with E-state index in [0.29, 0.717) is 0 Å². The van der Waals surface area contributed by atoms with Crippen molar-refractivity contribution in [3.8, 4) is 11.8 Å². The summed E-state index contributed by atoms with van der Waals surface area (Å²) in [6, 6.07) is 0. The Morgan fingerprint density at radius 3 is 3.08 bits per heavy atom. The maximum absolute atomic E-state index is 11.0. The molecule has 2 heteroatoms. The Bertz CT molecular complexity index is 300. The van der Waals surface area contributed by atoms with Crippen LogP contribution in [-0.4, -0.2) is 13.1 Å². The number of carbonyl (C=O) groups is 1. The largest absolute Gasteiger partial charge is 0.468 e. The van der Waals surface area contributed by atoms with Gasteiger partial charge in [0, 0.05) is 0 Å². The van der Waals surface area contributed by atoms with Crippen LogP contribution in [0.3, 0.4) is 0 Å². The summed E-state index contributed by atoms with van der Waals surface area (Å²) in [6.07, 6.45) is 5.38. The Hall–Kier alpha value is -1.49. The Morgan fingerprint density at radius 2 is 2.42 bits per heavy atom. The van der Waals surface area contributed by atoms with Crippen LogP contribution in [0.5, 0.6) is 0 Å². The summed E-state index contributed by atoms with van der Waals surface area (Å²) < 4.78 is 4.56. The Morgan fingerprint density at radius 1 is 1.67 bits per heavy atom. The second-order valence-electron chi connectivity index (χ2n) is 2.54. The van der Waals surface area contributed by atoms with Crippen molar-refractivity contribution < 1.29 is 9.53 Å². The van der Waals surface area contributed by atoms with Gasteiger partial charge in [0.2, 0.25) is 0 Å². The molecule has 0 aromatic carbocycles. The molecule has 0 fully saturated rings. The van der Waals surface area contributed by atoms with Gasteiger partial charge in [-0.3, -0.25) is 4.79 Å². The molecule has 62 valence electrons. The van der Waals surface area contributed by atoms with Crippen molar-refractivity contribution >= 4 is 5.97 Å². The van der Waals surface area contributed by atoms with E-state index >= 15 is 0 Å². The average molecular weight is 162 g/mol. The van der Waals surface area contributed by atoms with Crippen LogP contribution >= 0.6 is 0 Å². The van der Waals surface area contributed by atoms with E-state index < -0.39 is 5.92 Å². The van der Waals surface area contributed by atoms with Crippen LogP contribution in [0.25, 0.3) is 0 Å². The van der Waals surface area contributed by atoms with Crippen molar-refractivity contribution in [1.82, 2.24) is 0 Å². The summed E-state index contributed by atoms with van der Waals surface area (Å²) >= 11 is 0. The zero-order valence-electron chi connectivity index (χ0n) is 7.13. The van der Waals surface area contributed by atoms with Crippen molar-refractivity contribution in [1.29, 1.82) is 0 Å². The van der Waals surface area contributed by atoms with Gasteiger partial charge in [-0.05, 0) is 18.6 Å². The van der Waals surface area contributed by atoms with E-state index in [1.165, 1.54) is 7.11 Å². The van der Waals surface area contributed by atoms with Gasteiger partial charge in [0.25, 0.3) is 0 Å². The normalized spacial score (nSPS) is 20.2. The second kappa shape index (κ2) is 3.77. The average Bonchev–Trinajstić information content (AvgIpc) is 2.29. The van der Waals surface area contributed by atoms with E-state index in [4.69, 9.17) is 0 Å². The molecule has 12 heavy (non-hydrogen) atoms. The summed E-state index contributed by atoms with van der Waals surface area (Å²) in [5, 5.41) is 0. The molecule has 0 N–H and O–H groups in total. The van der Waals surface area contributed by atoms with E-state index in [-0.39, 0.29) is 5.97 Å². The lowest BCUT2D eigenvalue weighted by molar-refractivity contribution is -0.141. The van der Waals surface area contributed by atoms with Crippen LogP contribution in [0, 0.1) is 17.8 Å². The lowest BCUT2D eigenvalue weighted by Crippen LogP contribution is -2.11. The van der Waals surface area contributed by atoms with Crippen molar-refractivity contribution in [3.05, 3.63) is 23.8 Å². The number of carbonyl (C=O) groups excluding carboxylic acids is 1. The van der Waals surface area contributed by atoms with Gasteiger partial charge in [0.1, 0.15) is 5.92 Å². The summed E-state index contributed by atoms with van der Waals surface area (Å²) in [5.74, 6) is 4.84. The van der Waals surface area contributed by atoms with Crippen LogP contribution in [0.15, 0.2) is 23.8 Å². The minimum atomic E-state index is -0.413. The quantitative estimate of drug-likeness (QED) is 0.429. The van der Waals surface area contributed by atoms with Gasteiger partial charge in [-0.25, -0.2) is 0 Å². The molecule has 1 aliphatic rings. The predicted molar refractivity (Wildman–Crippen MR) is 46.2 cm³/mol. The van der Waals surface area contributed by atoms with Gasteiger partial charge >= 0.3 is 5.97 Å². The highest BCUT2D eigenvalue weighted by Crippen LogP contribution is 2.06. The monoisotopic (exact) mass is 162 g/mol. The molecule has 0 radical (unpaired) electrons. The highest BCUT2D eigenvalue weighted by molar-refractivity contribution is 5.78. The third kappa shape index (κ3) is 2.00. The molecule has 2 nitrogen and oxygen atoms in total. The standard InChI is InChI=1S/C10H10O2/c1-8-4-3-5-9(7-6-8)10(11)12-2/h4,6-7,9H,1-2H3. The summed E-state index contributed by atoms with van der Waals surface area (Å²) in [6.45, 7) is 1.94. The first kappa shape index (κ1) is 8.61. The fraction of sp³-hybridized carbons (Fsp3) is 0.300. The van der Waals surface area contributed by atoms with Gasteiger partial charge in [-0.15, -0.1) is 0 Å². The number of methoxy groups -OCH3 is 1. The number of hydrogen-bond acceptors (Lipinski definition) is 2. The highest BCUT2D eigenvalue weighted by Gasteiger charge is 2.12. The SMILES string of the molecule is COC(=O)C1C#CC=C(C)C=C1. The molecule has 1 rings (SSSR count). The minimum absolute atomic E-state index is 0.304. The van der Waals surface area contributed by atoms with E-state index in [2.05, 4.69) is 16.6 Å². The van der Waals surface area contributed by atoms with Crippen LogP contribution in [0.2, 0.25) is 0 Å².